The van der Waals surface area contributed by atoms with Gasteiger partial charge in [-0.15, -0.1) is 0 Å². The molecule has 0 aliphatic heterocycles. The molecule has 3 N–H and O–H groups in total. The van der Waals surface area contributed by atoms with Crippen molar-refractivity contribution in [3.8, 4) is 0 Å². The van der Waals surface area contributed by atoms with Gasteiger partial charge in [0, 0.05) is 25.5 Å². The van der Waals surface area contributed by atoms with Crippen LogP contribution in [0.1, 0.15) is 15.9 Å². The van der Waals surface area contributed by atoms with Crippen molar-refractivity contribution >= 4 is 23.4 Å². The van der Waals surface area contributed by atoms with Crippen molar-refractivity contribution < 1.29 is 4.79 Å². The Bertz CT molecular complexity index is 852. The lowest BCUT2D eigenvalue weighted by Crippen LogP contribution is -2.21. The normalized spacial score (nSPS) is 10.3. The van der Waals surface area contributed by atoms with E-state index >= 15 is 0 Å². The molecule has 0 atom stereocenters. The lowest BCUT2D eigenvalue weighted by molar-refractivity contribution is 0.102. The van der Waals surface area contributed by atoms with Crippen molar-refractivity contribution in [3.63, 3.8) is 0 Å². The molecule has 0 unspecified atom stereocenters. The van der Waals surface area contributed by atoms with Crippen LogP contribution in [0.2, 0.25) is 0 Å². The Balaban J connectivity index is 1.73. The van der Waals surface area contributed by atoms with E-state index in [2.05, 4.69) is 15.3 Å². The van der Waals surface area contributed by atoms with Crippen molar-refractivity contribution in [1.29, 1.82) is 0 Å². The minimum absolute atomic E-state index is 0.151. The zero-order valence-electron chi connectivity index (χ0n) is 13.9. The summed E-state index contributed by atoms with van der Waals surface area (Å²) in [6.07, 6.45) is 1.46. The predicted octanol–water partition coefficient (Wildman–Crippen LogP) is 2.95. The molecule has 0 saturated carbocycles. The fourth-order valence-corrected chi connectivity index (χ4v) is 2.39. The van der Waals surface area contributed by atoms with Gasteiger partial charge in [0.05, 0.1) is 0 Å². The quantitative estimate of drug-likeness (QED) is 0.750. The van der Waals surface area contributed by atoms with E-state index in [-0.39, 0.29) is 17.3 Å². The lowest BCUT2D eigenvalue weighted by atomic mass is 10.2. The number of amides is 1. The number of nitrogens with one attached hydrogen (secondary N) is 1. The number of anilines is 3. The molecule has 6 nitrogen and oxygen atoms in total. The van der Waals surface area contributed by atoms with E-state index < -0.39 is 0 Å². The second kappa shape index (κ2) is 7.44. The molecule has 0 radical (unpaired) electrons. The molecule has 1 aromatic heterocycles. The number of nitrogens with two attached hydrogens (primary N) is 1. The Labute approximate surface area is 146 Å². The fraction of sp³-hybridized carbons (Fsp3) is 0.105. The third-order valence-corrected chi connectivity index (χ3v) is 3.69. The van der Waals surface area contributed by atoms with Gasteiger partial charge in [-0.3, -0.25) is 4.79 Å². The van der Waals surface area contributed by atoms with Crippen LogP contribution in [-0.4, -0.2) is 22.9 Å². The zero-order chi connectivity index (χ0) is 17.6. The van der Waals surface area contributed by atoms with Gasteiger partial charge in [0.15, 0.2) is 0 Å². The van der Waals surface area contributed by atoms with Crippen LogP contribution in [-0.2, 0) is 6.54 Å². The summed E-state index contributed by atoms with van der Waals surface area (Å²) in [4.78, 5) is 22.7. The van der Waals surface area contributed by atoms with Crippen LogP contribution in [0.3, 0.4) is 0 Å². The number of nitrogen functional groups attached to an aromatic ring is 1. The topological polar surface area (TPSA) is 84.1 Å². The number of nitrogens with zero attached hydrogens (tertiary/aromatic N) is 3. The molecule has 0 fully saturated rings. The first kappa shape index (κ1) is 16.4. The van der Waals surface area contributed by atoms with Gasteiger partial charge in [-0.25, -0.2) is 4.98 Å². The molecule has 3 aromatic rings. The van der Waals surface area contributed by atoms with Gasteiger partial charge >= 0.3 is 0 Å². The van der Waals surface area contributed by atoms with E-state index in [0.717, 1.165) is 5.56 Å². The highest BCUT2D eigenvalue weighted by atomic mass is 16.1. The first-order valence-electron chi connectivity index (χ1n) is 7.87. The molecular formula is C19H19N5O. The summed E-state index contributed by atoms with van der Waals surface area (Å²) < 4.78 is 0. The largest absolute Gasteiger partial charge is 0.383 e. The van der Waals surface area contributed by atoms with E-state index in [4.69, 9.17) is 5.73 Å². The van der Waals surface area contributed by atoms with Crippen LogP contribution in [0, 0.1) is 0 Å². The number of hydrogen-bond donors (Lipinski definition) is 2. The van der Waals surface area contributed by atoms with E-state index in [9.17, 15) is 4.79 Å². The summed E-state index contributed by atoms with van der Waals surface area (Å²) in [5.41, 5.74) is 8.05. The van der Waals surface area contributed by atoms with Gasteiger partial charge in [0.1, 0.15) is 11.4 Å². The molecule has 2 aromatic carbocycles. The first-order valence-corrected chi connectivity index (χ1v) is 7.87. The Morgan fingerprint density at radius 1 is 1.08 bits per heavy atom. The van der Waals surface area contributed by atoms with Crippen LogP contribution in [0.25, 0.3) is 0 Å². The van der Waals surface area contributed by atoms with E-state index in [1.165, 1.54) is 6.20 Å². The molecule has 0 saturated heterocycles. The van der Waals surface area contributed by atoms with E-state index in [0.29, 0.717) is 18.2 Å². The van der Waals surface area contributed by atoms with Crippen molar-refractivity contribution in [2.24, 2.45) is 0 Å². The van der Waals surface area contributed by atoms with Gasteiger partial charge < -0.3 is 16.0 Å². The Hall–Kier alpha value is -3.41. The highest BCUT2D eigenvalue weighted by Gasteiger charge is 2.14. The summed E-state index contributed by atoms with van der Waals surface area (Å²) in [6, 6.07) is 19.2. The minimum atomic E-state index is -0.332. The number of hydrogen-bond acceptors (Lipinski definition) is 5. The smallest absolute Gasteiger partial charge is 0.260 e. The summed E-state index contributed by atoms with van der Waals surface area (Å²) in [5, 5.41) is 2.78. The van der Waals surface area contributed by atoms with Crippen LogP contribution in [0.15, 0.2) is 66.9 Å². The lowest BCUT2D eigenvalue weighted by Gasteiger charge is -2.18. The summed E-state index contributed by atoms with van der Waals surface area (Å²) in [7, 11) is 1.88. The van der Waals surface area contributed by atoms with E-state index in [1.807, 2.05) is 60.5 Å². The number of aromatic nitrogens is 2. The van der Waals surface area contributed by atoms with Gasteiger partial charge in [-0.05, 0) is 17.7 Å². The third kappa shape index (κ3) is 4.11. The second-order valence-corrected chi connectivity index (χ2v) is 5.63. The molecule has 0 bridgehead atoms. The van der Waals surface area contributed by atoms with Gasteiger partial charge in [0.2, 0.25) is 5.95 Å². The minimum Gasteiger partial charge on any atom is -0.383 e. The van der Waals surface area contributed by atoms with E-state index in [1.54, 1.807) is 12.1 Å². The number of benzene rings is 2. The highest BCUT2D eigenvalue weighted by Crippen LogP contribution is 2.16. The average molecular weight is 333 g/mol. The Morgan fingerprint density at radius 2 is 1.72 bits per heavy atom. The molecule has 1 amide bonds. The van der Waals surface area contributed by atoms with Gasteiger partial charge in [0.25, 0.3) is 5.91 Å². The fourth-order valence-electron chi connectivity index (χ4n) is 2.39. The predicted molar refractivity (Wildman–Crippen MR) is 99.4 cm³/mol. The van der Waals surface area contributed by atoms with Crippen molar-refractivity contribution in [1.82, 2.24) is 9.97 Å². The standard InChI is InChI=1S/C19H19N5O/c1-24(13-14-8-4-2-5-9-14)19-21-12-16(17(20)23-19)18(25)22-15-10-6-3-7-11-15/h2-12H,13H2,1H3,(H,22,25)(H2,20,21,23). The Kier molecular flexibility index (Phi) is 4.89. The number of carbonyl (C=O) groups is 1. The molecule has 126 valence electrons. The van der Waals surface area contributed by atoms with Crippen molar-refractivity contribution in [3.05, 3.63) is 78.0 Å². The average Bonchev–Trinajstić information content (AvgIpc) is 2.63. The summed E-state index contributed by atoms with van der Waals surface area (Å²) in [6.45, 7) is 0.649. The Morgan fingerprint density at radius 3 is 2.36 bits per heavy atom. The third-order valence-electron chi connectivity index (χ3n) is 3.69. The number of rotatable bonds is 5. The van der Waals surface area contributed by atoms with Crippen LogP contribution < -0.4 is 16.0 Å². The number of carbonyl (C=O) groups excluding carboxylic acids is 1. The maximum atomic E-state index is 12.3. The van der Waals surface area contributed by atoms with Gasteiger partial charge in [-0.1, -0.05) is 48.5 Å². The highest BCUT2D eigenvalue weighted by molar-refractivity contribution is 6.07. The molecule has 25 heavy (non-hydrogen) atoms. The van der Waals surface area contributed by atoms with Crippen LogP contribution >= 0.6 is 0 Å². The molecule has 1 heterocycles. The SMILES string of the molecule is CN(Cc1ccccc1)c1ncc(C(=O)Nc2ccccc2)c(N)n1. The van der Waals surface area contributed by atoms with Gasteiger partial charge in [-0.2, -0.15) is 4.98 Å². The summed E-state index contributed by atoms with van der Waals surface area (Å²) >= 11 is 0. The molecule has 3 rings (SSSR count). The molecule has 0 aliphatic rings. The van der Waals surface area contributed by atoms with Crippen LogP contribution in [0.5, 0.6) is 0 Å². The number of para-hydroxylation sites is 1. The second-order valence-electron chi connectivity index (χ2n) is 5.63. The summed E-state index contributed by atoms with van der Waals surface area (Å²) in [5.74, 6) is 0.289. The maximum absolute atomic E-state index is 12.3. The monoisotopic (exact) mass is 333 g/mol. The zero-order valence-corrected chi connectivity index (χ0v) is 13.9. The van der Waals surface area contributed by atoms with Crippen molar-refractivity contribution in [2.45, 2.75) is 6.54 Å². The van der Waals surface area contributed by atoms with Crippen molar-refractivity contribution in [2.75, 3.05) is 23.0 Å². The maximum Gasteiger partial charge on any atom is 0.260 e. The molecule has 6 heteroatoms. The molecular weight excluding hydrogens is 314 g/mol. The first-order chi connectivity index (χ1) is 12.1. The van der Waals surface area contributed by atoms with Crippen LogP contribution in [0.4, 0.5) is 17.5 Å². The molecule has 0 aliphatic carbocycles. The molecule has 0 spiro atoms.